The second kappa shape index (κ2) is 23.5. The van der Waals surface area contributed by atoms with E-state index in [4.69, 9.17) is 39.9 Å². The van der Waals surface area contributed by atoms with Crippen LogP contribution in [0.2, 0.25) is 0 Å². The first-order valence-electron chi connectivity index (χ1n) is 14.7. The van der Waals surface area contributed by atoms with Crippen molar-refractivity contribution in [3.05, 3.63) is 0 Å². The van der Waals surface area contributed by atoms with Crippen molar-refractivity contribution in [3.63, 3.8) is 0 Å². The molecule has 2 heterocycles. The van der Waals surface area contributed by atoms with Crippen LogP contribution in [0, 0.1) is 5.92 Å². The number of nitrogens with zero attached hydrogens (tertiary/aromatic N) is 1. The van der Waals surface area contributed by atoms with Crippen molar-refractivity contribution < 1.29 is 38.0 Å². The van der Waals surface area contributed by atoms with Crippen LogP contribution in [0.4, 0.5) is 0 Å². The fraction of sp³-hybridized carbons (Fsp3) is 0.926. The summed E-state index contributed by atoms with van der Waals surface area (Å²) in [6.45, 7) is 7.86. The molecule has 13 heteroatoms. The smallest absolute Gasteiger partial charge is 0.222 e. The maximum absolute atomic E-state index is 13.0. The molecule has 2 saturated heterocycles. The Labute approximate surface area is 243 Å². The lowest BCUT2D eigenvalue weighted by atomic mass is 9.94. The summed E-state index contributed by atoms with van der Waals surface area (Å²) in [6, 6.07) is 0.337. The molecule has 234 valence electrons. The lowest BCUT2D eigenvalue weighted by Gasteiger charge is -2.23. The van der Waals surface area contributed by atoms with E-state index in [1.165, 1.54) is 0 Å². The summed E-state index contributed by atoms with van der Waals surface area (Å²) < 4.78 is 32.9. The predicted molar refractivity (Wildman–Crippen MR) is 154 cm³/mol. The molecule has 40 heavy (non-hydrogen) atoms. The third-order valence-electron chi connectivity index (χ3n) is 6.76. The largest absolute Gasteiger partial charge is 0.378 e. The van der Waals surface area contributed by atoms with Crippen molar-refractivity contribution in [1.82, 2.24) is 10.2 Å². The third-order valence-corrected chi connectivity index (χ3v) is 8.32. The monoisotopic (exact) mass is 592 g/mol. The van der Waals surface area contributed by atoms with E-state index in [-0.39, 0.29) is 11.8 Å². The van der Waals surface area contributed by atoms with Crippen LogP contribution in [0.5, 0.6) is 0 Å². The Morgan fingerprint density at radius 2 is 1.27 bits per heavy atom. The van der Waals surface area contributed by atoms with Gasteiger partial charge in [0, 0.05) is 62.0 Å². The van der Waals surface area contributed by atoms with Crippen LogP contribution in [0.3, 0.4) is 0 Å². The van der Waals surface area contributed by atoms with E-state index >= 15 is 0 Å². The summed E-state index contributed by atoms with van der Waals surface area (Å²) in [4.78, 5) is 26.5. The van der Waals surface area contributed by atoms with E-state index in [1.807, 2.05) is 16.7 Å². The number of nitrogens with two attached hydrogens (primary N) is 2. The minimum absolute atomic E-state index is 0.114. The fourth-order valence-corrected chi connectivity index (χ4v) is 6.33. The van der Waals surface area contributed by atoms with Gasteiger partial charge >= 0.3 is 0 Å². The van der Waals surface area contributed by atoms with Gasteiger partial charge in [0.05, 0.1) is 79.3 Å². The summed E-state index contributed by atoms with van der Waals surface area (Å²) >= 11 is 1.96. The highest BCUT2D eigenvalue weighted by molar-refractivity contribution is 8.00. The topological polar surface area (TPSA) is 157 Å². The highest BCUT2D eigenvalue weighted by atomic mass is 32.2. The zero-order valence-electron chi connectivity index (χ0n) is 24.1. The number of fused-ring (bicyclic) bond motifs is 1. The number of nitrogens with one attached hydrogen (secondary N) is 1. The molecule has 0 aromatic carbocycles. The molecule has 2 rings (SSSR count). The Morgan fingerprint density at radius 1 is 0.775 bits per heavy atom. The molecule has 0 aliphatic carbocycles. The van der Waals surface area contributed by atoms with Gasteiger partial charge in [-0.05, 0) is 12.8 Å². The summed E-state index contributed by atoms with van der Waals surface area (Å²) in [6.07, 6.45) is 4.03. The quantitative estimate of drug-likeness (QED) is 0.110. The molecule has 3 unspecified atom stereocenters. The molecule has 0 radical (unpaired) electrons. The van der Waals surface area contributed by atoms with Crippen molar-refractivity contribution in [3.8, 4) is 0 Å². The van der Waals surface area contributed by atoms with Crippen LogP contribution in [0.1, 0.15) is 32.1 Å². The average molecular weight is 593 g/mol. The molecule has 0 saturated carbocycles. The van der Waals surface area contributed by atoms with E-state index in [0.717, 1.165) is 25.0 Å². The number of amides is 2. The van der Waals surface area contributed by atoms with E-state index in [0.29, 0.717) is 136 Å². The van der Waals surface area contributed by atoms with Gasteiger partial charge in [-0.3, -0.25) is 9.59 Å². The summed E-state index contributed by atoms with van der Waals surface area (Å²) in [5.74, 6) is 1.75. The number of ether oxygens (including phenoxy) is 6. The van der Waals surface area contributed by atoms with Gasteiger partial charge in [-0.15, -0.1) is 0 Å². The van der Waals surface area contributed by atoms with Crippen LogP contribution in [-0.2, 0) is 38.0 Å². The van der Waals surface area contributed by atoms with Crippen molar-refractivity contribution in [2.45, 2.75) is 43.4 Å². The number of thioether (sulfide) groups is 1. The van der Waals surface area contributed by atoms with Gasteiger partial charge in [0.1, 0.15) is 0 Å². The number of carbonyl (C=O) groups is 2. The van der Waals surface area contributed by atoms with Crippen molar-refractivity contribution in [1.29, 1.82) is 0 Å². The van der Waals surface area contributed by atoms with Crippen molar-refractivity contribution >= 4 is 23.6 Å². The van der Waals surface area contributed by atoms with Gasteiger partial charge in [0.25, 0.3) is 0 Å². The van der Waals surface area contributed by atoms with Crippen LogP contribution in [0.15, 0.2) is 0 Å². The molecule has 2 aliphatic rings. The minimum Gasteiger partial charge on any atom is -0.378 e. The summed E-state index contributed by atoms with van der Waals surface area (Å²) in [7, 11) is 0. The Bertz CT molecular complexity index is 642. The SMILES string of the molecule is NCCOCCOCCOCCN(CCOCCOCCOCCN)C(=O)CCCCC1SCC2NC(=O)CC21. The standard InChI is InChI=1S/C27H52N4O8S/c28-5-9-34-13-17-38-19-15-36-11-7-31(8-12-37-16-20-39-18-14-35-10-6-29)27(33)4-2-1-3-25-23-21-26(32)30-24(23)22-40-25/h23-25H,1-22,28-29H2,(H,30,32). The Morgan fingerprint density at radius 3 is 1.80 bits per heavy atom. The first-order valence-corrected chi connectivity index (χ1v) is 15.8. The minimum atomic E-state index is 0.114. The average Bonchev–Trinajstić information content (AvgIpc) is 3.50. The van der Waals surface area contributed by atoms with Crippen LogP contribution >= 0.6 is 11.8 Å². The van der Waals surface area contributed by atoms with Crippen molar-refractivity contribution in [2.75, 3.05) is 111 Å². The van der Waals surface area contributed by atoms with Gasteiger partial charge in [-0.25, -0.2) is 0 Å². The molecule has 3 atom stereocenters. The molecule has 2 amide bonds. The van der Waals surface area contributed by atoms with E-state index in [1.54, 1.807) is 0 Å². The number of hydrogen-bond donors (Lipinski definition) is 3. The van der Waals surface area contributed by atoms with Gasteiger partial charge in [-0.2, -0.15) is 11.8 Å². The molecule has 5 N–H and O–H groups in total. The van der Waals surface area contributed by atoms with Gasteiger partial charge in [0.15, 0.2) is 0 Å². The van der Waals surface area contributed by atoms with E-state index in [9.17, 15) is 9.59 Å². The molecule has 12 nitrogen and oxygen atoms in total. The van der Waals surface area contributed by atoms with Crippen LogP contribution < -0.4 is 16.8 Å². The molecular weight excluding hydrogens is 540 g/mol. The molecule has 2 fully saturated rings. The van der Waals surface area contributed by atoms with Gasteiger partial charge < -0.3 is 50.1 Å². The lowest BCUT2D eigenvalue weighted by molar-refractivity contribution is -0.133. The normalized spacial score (nSPS) is 20.1. The predicted octanol–water partition coefficient (Wildman–Crippen LogP) is 0.0125. The Balaban J connectivity index is 1.60. The maximum Gasteiger partial charge on any atom is 0.222 e. The first kappa shape index (κ1) is 35.2. The zero-order chi connectivity index (χ0) is 28.7. The molecular formula is C27H52N4O8S. The highest BCUT2D eigenvalue weighted by Crippen LogP contribution is 2.40. The Kier molecular flexibility index (Phi) is 20.7. The fourth-order valence-electron chi connectivity index (χ4n) is 4.67. The van der Waals surface area contributed by atoms with Gasteiger partial charge in [0.2, 0.25) is 11.8 Å². The molecule has 2 aliphatic heterocycles. The number of rotatable bonds is 27. The van der Waals surface area contributed by atoms with Crippen molar-refractivity contribution in [2.24, 2.45) is 17.4 Å². The second-order valence-corrected chi connectivity index (χ2v) is 11.1. The summed E-state index contributed by atoms with van der Waals surface area (Å²) in [5.41, 5.74) is 10.8. The zero-order valence-corrected chi connectivity index (χ0v) is 24.9. The highest BCUT2D eigenvalue weighted by Gasteiger charge is 2.42. The summed E-state index contributed by atoms with van der Waals surface area (Å²) in [5, 5.41) is 3.60. The second-order valence-electron chi connectivity index (χ2n) is 9.79. The maximum atomic E-state index is 13.0. The number of carbonyl (C=O) groups excluding carboxylic acids is 2. The first-order chi connectivity index (χ1) is 19.7. The third kappa shape index (κ3) is 15.8. The molecule has 0 bridgehead atoms. The van der Waals surface area contributed by atoms with Crippen LogP contribution in [-0.4, -0.2) is 139 Å². The molecule has 0 aromatic heterocycles. The van der Waals surface area contributed by atoms with E-state index < -0.39 is 0 Å². The molecule has 0 spiro atoms. The van der Waals surface area contributed by atoms with E-state index in [2.05, 4.69) is 5.32 Å². The molecule has 0 aromatic rings. The number of unbranched alkanes of at least 4 members (excludes halogenated alkanes) is 1. The lowest BCUT2D eigenvalue weighted by Crippen LogP contribution is -2.37. The number of hydrogen-bond acceptors (Lipinski definition) is 11. The van der Waals surface area contributed by atoms with Crippen LogP contribution in [0.25, 0.3) is 0 Å². The van der Waals surface area contributed by atoms with Gasteiger partial charge in [-0.1, -0.05) is 6.42 Å². The Hall–Kier alpha value is -1.03.